The summed E-state index contributed by atoms with van der Waals surface area (Å²) in [5.41, 5.74) is 6.38. The number of esters is 1. The van der Waals surface area contributed by atoms with Gasteiger partial charge in [0.15, 0.2) is 0 Å². The van der Waals surface area contributed by atoms with Gasteiger partial charge in [-0.05, 0) is 66.8 Å². The minimum absolute atomic E-state index is 0.109. The van der Waals surface area contributed by atoms with E-state index in [1.807, 2.05) is 24.0 Å². The quantitative estimate of drug-likeness (QED) is 0.313. The highest BCUT2D eigenvalue weighted by molar-refractivity contribution is 5.93. The van der Waals surface area contributed by atoms with E-state index in [2.05, 4.69) is 16.3 Å². The number of halogens is 2. The van der Waals surface area contributed by atoms with Crippen molar-refractivity contribution in [3.05, 3.63) is 82.0 Å². The number of carbonyl (C=O) groups excluding carboxylic acids is 1. The van der Waals surface area contributed by atoms with Gasteiger partial charge in [0.05, 0.1) is 18.1 Å². The predicted octanol–water partition coefficient (Wildman–Crippen LogP) is 5.78. The van der Waals surface area contributed by atoms with E-state index in [9.17, 15) is 18.4 Å². The molecule has 9 heteroatoms. The first-order valence-corrected chi connectivity index (χ1v) is 12.2. The van der Waals surface area contributed by atoms with E-state index < -0.39 is 12.4 Å². The Labute approximate surface area is 218 Å². The summed E-state index contributed by atoms with van der Waals surface area (Å²) in [5, 5.41) is 0. The number of aryl methyl sites for hydroxylation is 3. The van der Waals surface area contributed by atoms with Crippen LogP contribution in [0.5, 0.6) is 0 Å². The maximum Gasteiger partial charge on any atom is 0.356 e. The highest BCUT2D eigenvalue weighted by atomic mass is 19.3. The molecule has 5 rings (SSSR count). The van der Waals surface area contributed by atoms with Gasteiger partial charge in [0, 0.05) is 54.9 Å². The molecular formula is C29H28F2N4O3. The van der Waals surface area contributed by atoms with Crippen molar-refractivity contribution in [3.8, 4) is 11.1 Å². The number of methoxy groups -OCH3 is 1. The Morgan fingerprint density at radius 3 is 2.53 bits per heavy atom. The lowest BCUT2D eigenvalue weighted by Crippen LogP contribution is -2.25. The van der Waals surface area contributed by atoms with Crippen LogP contribution >= 0.6 is 0 Å². The third-order valence-corrected chi connectivity index (χ3v) is 7.19. The summed E-state index contributed by atoms with van der Waals surface area (Å²) in [7, 11) is 4.72. The molecule has 0 spiro atoms. The fourth-order valence-corrected chi connectivity index (χ4v) is 5.24. The van der Waals surface area contributed by atoms with Gasteiger partial charge in [-0.1, -0.05) is 12.6 Å². The lowest BCUT2D eigenvalue weighted by Gasteiger charge is -2.33. The van der Waals surface area contributed by atoms with Gasteiger partial charge in [-0.3, -0.25) is 9.13 Å². The molecular weight excluding hydrogens is 490 g/mol. The van der Waals surface area contributed by atoms with E-state index in [4.69, 9.17) is 0 Å². The third-order valence-electron chi connectivity index (χ3n) is 7.19. The van der Waals surface area contributed by atoms with E-state index >= 15 is 0 Å². The molecule has 3 heterocycles. The molecule has 0 atom stereocenters. The van der Waals surface area contributed by atoms with Crippen LogP contribution in [-0.2, 0) is 25.3 Å². The van der Waals surface area contributed by atoms with Crippen LogP contribution < -0.4 is 10.6 Å². The van der Waals surface area contributed by atoms with Gasteiger partial charge in [0.1, 0.15) is 5.69 Å². The molecule has 0 amide bonds. The first kappa shape index (κ1) is 25.4. The number of alkyl halides is 2. The van der Waals surface area contributed by atoms with E-state index in [-0.39, 0.29) is 16.9 Å². The number of fused-ring (bicyclic) bond motifs is 2. The first-order valence-electron chi connectivity index (χ1n) is 12.2. The number of allylic oxidation sites excluding steroid dienone is 1. The molecule has 4 aromatic rings. The fourth-order valence-electron chi connectivity index (χ4n) is 5.24. The van der Waals surface area contributed by atoms with E-state index in [1.54, 1.807) is 41.4 Å². The number of carbonyl (C=O) groups is 1. The summed E-state index contributed by atoms with van der Waals surface area (Å²) in [4.78, 5) is 30.6. The smallest absolute Gasteiger partial charge is 0.356 e. The van der Waals surface area contributed by atoms with Gasteiger partial charge in [-0.15, -0.1) is 0 Å². The molecule has 1 aliphatic rings. The second-order valence-electron chi connectivity index (χ2n) is 9.59. The Bertz CT molecular complexity index is 1650. The minimum atomic E-state index is -2.72. The topological polar surface area (TPSA) is 69.4 Å². The van der Waals surface area contributed by atoms with Gasteiger partial charge >= 0.3 is 11.7 Å². The zero-order valence-corrected chi connectivity index (χ0v) is 21.7. The Balaban J connectivity index is 1.66. The summed E-state index contributed by atoms with van der Waals surface area (Å²) >= 11 is 0. The molecule has 0 bridgehead atoms. The zero-order chi connectivity index (χ0) is 27.3. The van der Waals surface area contributed by atoms with Gasteiger partial charge in [-0.2, -0.15) is 0 Å². The molecule has 0 saturated carbocycles. The second-order valence-corrected chi connectivity index (χ2v) is 9.59. The number of hydrogen-bond acceptors (Lipinski definition) is 5. The molecule has 7 nitrogen and oxygen atoms in total. The summed E-state index contributed by atoms with van der Waals surface area (Å²) in [6.07, 6.45) is 0.260. The van der Waals surface area contributed by atoms with Gasteiger partial charge in [0.2, 0.25) is 0 Å². The van der Waals surface area contributed by atoms with Crippen molar-refractivity contribution in [1.29, 1.82) is 0 Å². The summed E-state index contributed by atoms with van der Waals surface area (Å²) in [5.74, 6) is -0.589. The maximum atomic E-state index is 14.4. The monoisotopic (exact) mass is 518 g/mol. The van der Waals surface area contributed by atoms with Crippen LogP contribution in [0.1, 0.15) is 46.9 Å². The Morgan fingerprint density at radius 2 is 1.89 bits per heavy atom. The molecule has 2 aromatic heterocycles. The van der Waals surface area contributed by atoms with Gasteiger partial charge in [0.25, 0.3) is 6.43 Å². The van der Waals surface area contributed by atoms with Crippen LogP contribution in [0.4, 0.5) is 20.2 Å². The number of aromatic nitrogens is 3. The van der Waals surface area contributed by atoms with E-state index in [0.717, 1.165) is 46.3 Å². The zero-order valence-electron chi connectivity index (χ0n) is 21.7. The SMILES string of the molecule is C=C(C)c1cc(N2CCCc3cc(-c4ccc(C(=O)OC)nc4)c(C(F)F)cc32)cc2c1n(C)c(=O)n2C. The molecule has 38 heavy (non-hydrogen) atoms. The van der Waals surface area contributed by atoms with Crippen molar-refractivity contribution >= 4 is 34.0 Å². The number of anilines is 2. The van der Waals surface area contributed by atoms with Crippen LogP contribution in [0, 0.1) is 0 Å². The van der Waals surface area contributed by atoms with E-state index in [1.165, 1.54) is 19.4 Å². The van der Waals surface area contributed by atoms with Crippen LogP contribution in [0.15, 0.2) is 54.0 Å². The largest absolute Gasteiger partial charge is 0.464 e. The molecule has 0 saturated heterocycles. The third kappa shape index (κ3) is 4.08. The molecule has 1 aliphatic heterocycles. The molecule has 196 valence electrons. The van der Waals surface area contributed by atoms with Gasteiger partial charge in [-0.25, -0.2) is 23.4 Å². The number of imidazole rings is 1. The number of ether oxygens (including phenoxy) is 1. The standard InChI is InChI=1S/C29H28F2N4O3/c1-16(2)20-12-19(13-25-26(20)34(4)29(37)33(25)3)35-10-6-7-17-11-21(22(27(30)31)14-24(17)35)18-8-9-23(32-15-18)28(36)38-5/h8-9,11-15,27H,1,6-7,10H2,2-5H3. The maximum absolute atomic E-state index is 14.4. The lowest BCUT2D eigenvalue weighted by atomic mass is 9.92. The number of rotatable bonds is 5. The van der Waals surface area contributed by atoms with Crippen molar-refractivity contribution in [2.45, 2.75) is 26.2 Å². The van der Waals surface area contributed by atoms with Crippen LogP contribution in [0.3, 0.4) is 0 Å². The van der Waals surface area contributed by atoms with Crippen molar-refractivity contribution in [1.82, 2.24) is 14.1 Å². The molecule has 0 unspecified atom stereocenters. The average molecular weight is 519 g/mol. The van der Waals surface area contributed by atoms with Crippen molar-refractivity contribution in [3.63, 3.8) is 0 Å². The molecule has 0 N–H and O–H groups in total. The second kappa shape index (κ2) is 9.55. The Morgan fingerprint density at radius 1 is 1.13 bits per heavy atom. The molecule has 0 aliphatic carbocycles. The summed E-state index contributed by atoms with van der Waals surface area (Å²) < 4.78 is 36.7. The average Bonchev–Trinajstić information content (AvgIpc) is 3.14. The molecule has 0 radical (unpaired) electrons. The van der Waals surface area contributed by atoms with Crippen LogP contribution in [-0.4, -0.2) is 33.7 Å². The number of benzene rings is 2. The Hall–Kier alpha value is -4.27. The highest BCUT2D eigenvalue weighted by Crippen LogP contribution is 2.42. The van der Waals surface area contributed by atoms with Crippen molar-refractivity contribution in [2.75, 3.05) is 18.6 Å². The van der Waals surface area contributed by atoms with Crippen LogP contribution in [0.25, 0.3) is 27.7 Å². The number of hydrogen-bond donors (Lipinski definition) is 0. The van der Waals surface area contributed by atoms with E-state index in [0.29, 0.717) is 23.4 Å². The number of pyridine rings is 1. The lowest BCUT2D eigenvalue weighted by molar-refractivity contribution is 0.0594. The Kier molecular flexibility index (Phi) is 6.38. The number of nitrogens with zero attached hydrogens (tertiary/aromatic N) is 4. The first-order chi connectivity index (χ1) is 18.1. The fraction of sp³-hybridized carbons (Fsp3) is 0.276. The van der Waals surface area contributed by atoms with Crippen molar-refractivity contribution < 1.29 is 18.3 Å². The molecule has 0 fully saturated rings. The predicted molar refractivity (Wildman–Crippen MR) is 144 cm³/mol. The van der Waals surface area contributed by atoms with Crippen LogP contribution in [0.2, 0.25) is 0 Å². The normalized spacial score (nSPS) is 13.2. The summed E-state index contributed by atoms with van der Waals surface area (Å²) in [6, 6.07) is 10.3. The molecule has 2 aromatic carbocycles. The minimum Gasteiger partial charge on any atom is -0.464 e. The van der Waals surface area contributed by atoms with Gasteiger partial charge < -0.3 is 9.64 Å². The highest BCUT2D eigenvalue weighted by Gasteiger charge is 2.26. The summed E-state index contributed by atoms with van der Waals surface area (Å²) in [6.45, 7) is 6.65. The van der Waals surface area contributed by atoms with Crippen molar-refractivity contribution in [2.24, 2.45) is 14.1 Å².